The second kappa shape index (κ2) is 50.7. The molecule has 6 heterocycles. The maximum absolute atomic E-state index is 15.3. The summed E-state index contributed by atoms with van der Waals surface area (Å²) in [6.07, 6.45) is -13.2. The van der Waals surface area contributed by atoms with E-state index in [-0.39, 0.29) is 43.8 Å². The Bertz CT molecular complexity index is 4390. The molecule has 0 unspecified atom stereocenters. The number of ether oxygens (including phenoxy) is 9. The molecule has 3 aliphatic heterocycles. The predicted molar refractivity (Wildman–Crippen MR) is 458 cm³/mol. The van der Waals surface area contributed by atoms with Gasteiger partial charge in [0.05, 0.1) is 70.0 Å². The molecule has 3 aliphatic rings. The van der Waals surface area contributed by atoms with Crippen molar-refractivity contribution >= 4 is 112 Å². The molecule has 3 aromatic rings. The van der Waals surface area contributed by atoms with Crippen molar-refractivity contribution in [3.05, 3.63) is 68.2 Å². The number of aliphatic hydroxyl groups is 4. The number of esters is 6. The van der Waals surface area contributed by atoms with Crippen LogP contribution in [0.25, 0.3) is 0 Å². The van der Waals surface area contributed by atoms with Gasteiger partial charge in [0, 0.05) is 41.9 Å². The van der Waals surface area contributed by atoms with E-state index >= 15 is 8.78 Å². The summed E-state index contributed by atoms with van der Waals surface area (Å²) in [5.74, 6) is -5.25. The van der Waals surface area contributed by atoms with Crippen molar-refractivity contribution in [2.45, 2.75) is 225 Å². The first-order chi connectivity index (χ1) is 60.2. The summed E-state index contributed by atoms with van der Waals surface area (Å²) in [4.78, 5) is 132. The molecule has 0 radical (unpaired) electrons. The molecule has 8 N–H and O–H groups in total. The predicted octanol–water partition coefficient (Wildman–Crippen LogP) is 8.48. The number of nitrogens with two attached hydrogens (primary N) is 1. The molecule has 6 rings (SSSR count). The topological polar surface area (TPSA) is 561 Å². The molecule has 0 bridgehead atoms. The van der Waals surface area contributed by atoms with Crippen molar-refractivity contribution in [3.8, 4) is 0 Å². The average molecular weight is 1990 g/mol. The Hall–Kier alpha value is -6.47. The van der Waals surface area contributed by atoms with Gasteiger partial charge in [-0.25, -0.2) is 68.4 Å². The number of halogens is 6. The zero-order valence-corrected chi connectivity index (χ0v) is 81.2. The summed E-state index contributed by atoms with van der Waals surface area (Å²) < 4.78 is 185. The molecule has 3 fully saturated rings. The quantitative estimate of drug-likeness (QED) is 0.00934. The highest BCUT2D eigenvalue weighted by molar-refractivity contribution is 7.48. The van der Waals surface area contributed by atoms with Crippen LogP contribution in [0.1, 0.15) is 174 Å². The standard InChI is InChI=1S/C24H38ClFN3O11P.C22H34ClFN3O11P.C12H17ClFN3O4.C12H23O8P.C6H15N/c1-8-27-15-9-10-29(21(33)28-15)18-16(26)17(30)24(11-25,40-18)12-37-41(34,38-13-35-19(31)22(2,3)4)39-14-36-20(32)23(5,6)7;1-20(2,3)17(29)33-11-36-39(32,37-12-34-18(30)21(4,5)6)35-10-22(9-23)15(28)14(24)16(38-22)27-8-7-13(25)26-19(27)31;1-16(2)7-3-4-17(11(20)15-7)10-8(14)9(19)12(5-13,6-18)21-10;1-11(2,3)9(13)17-7-19-21(15,16)20-8-18-10(14)12(4,5)6;1-4-7(5-2)6-3/h9-10,16-18,30H,8,11-14H2,1-7H3,(H,27,28,33);7-8,14-16,28H,9-12H2,1-6H3,(H2,25,26,31);3-4,8-10,18-19H,5-6H2,1-2H3;7-8H2,1-6H3,(H,15,16);4-6H2,1-3H3/t16-,17+,18-,24-;14-,15+,16-,22-;8-,9+,10-,12-;;/m111../s1/i1T;;1T;;. The molecule has 0 saturated carbocycles. The van der Waals surface area contributed by atoms with Gasteiger partial charge >= 0.3 is 76.4 Å². The fraction of sp³-hybridized carbons (Fsp3) is 0.763. The molecule has 129 heavy (non-hydrogen) atoms. The van der Waals surface area contributed by atoms with E-state index in [0.717, 1.165) is 19.9 Å². The third-order valence-corrected chi connectivity index (χ3v) is 22.5. The highest BCUT2D eigenvalue weighted by Gasteiger charge is 2.60. The lowest BCUT2D eigenvalue weighted by Crippen LogP contribution is -2.47. The minimum atomic E-state index is -4.74. The van der Waals surface area contributed by atoms with Crippen LogP contribution in [0.3, 0.4) is 0 Å². The number of aromatic nitrogens is 6. The van der Waals surface area contributed by atoms with Crippen molar-refractivity contribution in [3.63, 3.8) is 0 Å². The number of hydrogen-bond donors (Lipinski definition) is 7. The first-order valence-corrected chi connectivity index (χ1v) is 45.6. The maximum Gasteiger partial charge on any atom is 0.480 e. The number of hydrogen-bond acceptors (Lipinski definition) is 40. The van der Waals surface area contributed by atoms with Gasteiger partial charge in [-0.1, -0.05) is 20.8 Å². The Morgan fingerprint density at radius 3 is 1.04 bits per heavy atom. The molecule has 0 spiro atoms. The largest absolute Gasteiger partial charge is 0.480 e. The smallest absolute Gasteiger partial charge is 0.437 e. The number of nitrogens with one attached hydrogen (secondary N) is 1. The van der Waals surface area contributed by atoms with Gasteiger partial charge in [-0.15, -0.1) is 34.8 Å². The molecule has 0 aliphatic carbocycles. The van der Waals surface area contributed by atoms with Gasteiger partial charge in [0.15, 0.2) is 37.2 Å². The van der Waals surface area contributed by atoms with Gasteiger partial charge in [-0.05, 0) is 169 Å². The normalized spacial score (nSPS) is 22.8. The number of carbonyl (C=O) groups excluding carboxylic acids is 6. The summed E-state index contributed by atoms with van der Waals surface area (Å²) in [5.41, 5.74) is -8.19. The summed E-state index contributed by atoms with van der Waals surface area (Å²) in [6, 6.07) is 4.00. The number of anilines is 3. The molecule has 53 heteroatoms. The van der Waals surface area contributed by atoms with E-state index in [0.29, 0.717) is 0 Å². The summed E-state index contributed by atoms with van der Waals surface area (Å²) >= 11 is 17.7. The molecular weight excluding hydrogens is 1850 g/mol. The Balaban J connectivity index is 0.000000598. The highest BCUT2D eigenvalue weighted by Crippen LogP contribution is 2.54. The number of carbonyl (C=O) groups is 6. The van der Waals surface area contributed by atoms with E-state index in [9.17, 15) is 86.6 Å². The van der Waals surface area contributed by atoms with Crippen LogP contribution in [0.4, 0.5) is 30.6 Å². The highest BCUT2D eigenvalue weighted by atomic mass is 35.5. The molecule has 44 nitrogen and oxygen atoms in total. The average Bonchev–Trinajstić information content (AvgIpc) is 1.62. The zero-order chi connectivity index (χ0) is 101. The molecule has 12 atom stereocenters. The molecule has 0 aromatic carbocycles. The number of rotatable bonds is 37. The van der Waals surface area contributed by atoms with Gasteiger partial charge < -0.3 is 88.8 Å². The van der Waals surface area contributed by atoms with E-state index in [4.69, 9.17) is 104 Å². The van der Waals surface area contributed by atoms with Crippen LogP contribution in [0.5, 0.6) is 0 Å². The fourth-order valence-corrected chi connectivity index (χ4v) is 12.9. The van der Waals surface area contributed by atoms with Crippen molar-refractivity contribution in [2.75, 3.05) is 134 Å². The van der Waals surface area contributed by atoms with Crippen molar-refractivity contribution in [1.29, 1.82) is 0 Å². The van der Waals surface area contributed by atoms with Crippen LogP contribution >= 0.6 is 58.3 Å². The van der Waals surface area contributed by atoms with Crippen LogP contribution < -0.4 is 33.0 Å². The van der Waals surface area contributed by atoms with Crippen molar-refractivity contribution in [2.24, 2.45) is 32.5 Å². The van der Waals surface area contributed by atoms with Crippen LogP contribution in [0, 0.1) is 32.5 Å². The molecule has 0 amide bonds. The lowest BCUT2D eigenvalue weighted by molar-refractivity contribution is -0.166. The number of phosphoric acid groups is 3. The summed E-state index contributed by atoms with van der Waals surface area (Å²) in [5, 5.41) is 43.3. The number of phosphoric ester groups is 3. The van der Waals surface area contributed by atoms with E-state index in [1.54, 1.807) is 132 Å². The number of nitrogen functional groups attached to an aromatic ring is 1. The van der Waals surface area contributed by atoms with Crippen LogP contribution in [0.2, 0.25) is 0 Å². The summed E-state index contributed by atoms with van der Waals surface area (Å²) in [7, 11) is -12.4. The van der Waals surface area contributed by atoms with E-state index < -0.39 is 253 Å². The third kappa shape index (κ3) is 36.4. The van der Waals surface area contributed by atoms with Crippen LogP contribution in [-0.4, -0.2) is 267 Å². The first kappa shape index (κ1) is 115. The lowest BCUT2D eigenvalue weighted by atomic mass is 9.98. The molecule has 3 aromatic heterocycles. The van der Waals surface area contributed by atoms with Gasteiger partial charge in [0.1, 0.15) is 52.6 Å². The van der Waals surface area contributed by atoms with E-state index in [2.05, 4.69) is 64.5 Å². The Labute approximate surface area is 763 Å². The SMILES string of the molecule is CC(C)(C)C(=O)OCOP(=O)(O)OCOC(=O)C(C)(C)C.CC(C)(C)C(=O)OCOP(=O)(OCOC(=O)C(C)(C)C)OC[C@@]1(CCl)O[C@@H](n2ccc(N)nc2=O)[C@H](F)[C@@H]1O.CCN(CC)CC.[3H]CCNc1ccn([C@@H]2O[C@](CCl)(COP(=O)(OCOC(=O)C(C)(C)C)OCOC(=O)C(C)(C)C)[C@@H](O)[C@H]2F)c(=O)n1.[3H]CN(C)c1ccn([C@@H]2O[C@@](CO)(CCl)[C@@H](O)[C@H]2F)c(=O)n1. The number of nitrogens with zero attached hydrogens (tertiary/aromatic N) is 8. The minimum Gasteiger partial charge on any atom is -0.437 e. The van der Waals surface area contributed by atoms with Gasteiger partial charge in [-0.2, -0.15) is 15.0 Å². The second-order valence-corrected chi connectivity index (χ2v) is 40.3. The maximum atomic E-state index is 15.3. The number of aliphatic hydroxyl groups excluding tert-OH is 4. The van der Waals surface area contributed by atoms with Crippen molar-refractivity contribution < 1.29 is 163 Å². The van der Waals surface area contributed by atoms with Crippen LogP contribution in [-0.2, 0) is 121 Å². The second-order valence-electron chi connectivity index (χ2n) is 34.7. The third-order valence-electron chi connectivity index (χ3n) is 17.7. The van der Waals surface area contributed by atoms with Gasteiger partial charge in [0.2, 0.25) is 40.8 Å². The monoisotopic (exact) mass is 1980 g/mol. The summed E-state index contributed by atoms with van der Waals surface area (Å²) in [6.45, 7) is 31.5. The number of alkyl halides is 6. The van der Waals surface area contributed by atoms with Gasteiger partial charge in [0.25, 0.3) is 0 Å². The van der Waals surface area contributed by atoms with Crippen molar-refractivity contribution in [1.82, 2.24) is 33.6 Å². The zero-order valence-electron chi connectivity index (χ0n) is 78.2. The minimum absolute atomic E-state index is 0.0306. The van der Waals surface area contributed by atoms with E-state index in [1.165, 1.54) is 55.1 Å². The van der Waals surface area contributed by atoms with Gasteiger partial charge in [-0.3, -0.25) is 51.5 Å². The fourth-order valence-electron chi connectivity index (χ4n) is 9.66. The molecular formula is C76H127Cl3F3N10O34P3. The Morgan fingerprint density at radius 1 is 0.496 bits per heavy atom. The Morgan fingerprint density at radius 2 is 0.783 bits per heavy atom. The van der Waals surface area contributed by atoms with E-state index in [1.807, 2.05) is 0 Å². The van der Waals surface area contributed by atoms with Crippen LogP contribution in [0.15, 0.2) is 51.2 Å². The molecule has 742 valence electrons. The lowest BCUT2D eigenvalue weighted by Gasteiger charge is -2.30. The first-order valence-electron chi connectivity index (χ1n) is 41.0. The Kier molecular flexibility index (Phi) is 45.2. The molecule has 3 saturated heterocycles.